The third-order valence-electron chi connectivity index (χ3n) is 1.80. The van der Waals surface area contributed by atoms with Gasteiger partial charge in [-0.05, 0) is 25.3 Å². The molecular formula is C10H13N3O2. The lowest BCUT2D eigenvalue weighted by Crippen LogP contribution is -2.00. The van der Waals surface area contributed by atoms with Crippen molar-refractivity contribution in [2.45, 2.75) is 6.92 Å². The first-order chi connectivity index (χ1) is 7.00. The maximum atomic E-state index is 10.7. The standard InChI is InChI=1S/C10H13N3O2/c1-8-6-9(4-5-12(2)3)10(7-11-8)13(14)15/h4-7H,1-3H3/b5-4+. The van der Waals surface area contributed by atoms with Crippen LogP contribution >= 0.6 is 0 Å². The van der Waals surface area contributed by atoms with Crippen LogP contribution in [0.3, 0.4) is 0 Å². The minimum Gasteiger partial charge on any atom is -0.383 e. The van der Waals surface area contributed by atoms with Crippen LogP contribution in [0.4, 0.5) is 5.69 Å². The first-order valence-electron chi connectivity index (χ1n) is 4.46. The van der Waals surface area contributed by atoms with Gasteiger partial charge in [-0.15, -0.1) is 0 Å². The van der Waals surface area contributed by atoms with Crippen LogP contribution in [-0.2, 0) is 0 Å². The average Bonchev–Trinajstić information content (AvgIpc) is 2.14. The van der Waals surface area contributed by atoms with Crippen LogP contribution in [0, 0.1) is 17.0 Å². The number of aromatic nitrogens is 1. The Bertz CT molecular complexity index is 400. The number of nitrogens with zero attached hydrogens (tertiary/aromatic N) is 3. The molecule has 5 heteroatoms. The first-order valence-corrected chi connectivity index (χ1v) is 4.46. The van der Waals surface area contributed by atoms with E-state index in [-0.39, 0.29) is 5.69 Å². The van der Waals surface area contributed by atoms with Crippen LogP contribution < -0.4 is 0 Å². The monoisotopic (exact) mass is 207 g/mol. The predicted molar refractivity (Wildman–Crippen MR) is 58.3 cm³/mol. The van der Waals surface area contributed by atoms with Crippen LogP contribution in [0.15, 0.2) is 18.5 Å². The lowest BCUT2D eigenvalue weighted by Gasteiger charge is -2.03. The van der Waals surface area contributed by atoms with Gasteiger partial charge in [-0.25, -0.2) is 0 Å². The highest BCUT2D eigenvalue weighted by Crippen LogP contribution is 2.19. The zero-order valence-electron chi connectivity index (χ0n) is 8.97. The molecule has 0 unspecified atom stereocenters. The molecule has 0 amide bonds. The van der Waals surface area contributed by atoms with Crippen LogP contribution in [0.25, 0.3) is 6.08 Å². The maximum absolute atomic E-state index is 10.7. The van der Waals surface area contributed by atoms with Gasteiger partial charge in [-0.3, -0.25) is 15.1 Å². The molecule has 0 N–H and O–H groups in total. The summed E-state index contributed by atoms with van der Waals surface area (Å²) in [4.78, 5) is 16.0. The van der Waals surface area contributed by atoms with E-state index in [0.717, 1.165) is 5.69 Å². The molecule has 0 aliphatic heterocycles. The fraction of sp³-hybridized carbons (Fsp3) is 0.300. The van der Waals surface area contributed by atoms with Crippen molar-refractivity contribution < 1.29 is 4.92 Å². The lowest BCUT2D eigenvalue weighted by molar-refractivity contribution is -0.385. The summed E-state index contributed by atoms with van der Waals surface area (Å²) in [5, 5.41) is 10.7. The number of rotatable bonds is 3. The van der Waals surface area contributed by atoms with Gasteiger partial charge in [0, 0.05) is 19.8 Å². The molecule has 0 spiro atoms. The van der Waals surface area contributed by atoms with Crippen LogP contribution in [0.5, 0.6) is 0 Å². The minimum atomic E-state index is -0.429. The van der Waals surface area contributed by atoms with Crippen LogP contribution in [0.2, 0.25) is 0 Å². The summed E-state index contributed by atoms with van der Waals surface area (Å²) >= 11 is 0. The molecule has 1 aromatic rings. The first kappa shape index (κ1) is 11.2. The normalized spacial score (nSPS) is 10.6. The molecule has 0 atom stereocenters. The zero-order valence-corrected chi connectivity index (χ0v) is 8.97. The molecule has 0 radical (unpaired) electrons. The predicted octanol–water partition coefficient (Wildman–Crippen LogP) is 1.83. The summed E-state index contributed by atoms with van der Waals surface area (Å²) < 4.78 is 0. The molecule has 1 aromatic heterocycles. The van der Waals surface area contributed by atoms with E-state index < -0.39 is 4.92 Å². The van der Waals surface area contributed by atoms with E-state index in [1.165, 1.54) is 6.20 Å². The van der Waals surface area contributed by atoms with Gasteiger partial charge in [-0.1, -0.05) is 0 Å². The molecule has 0 aliphatic carbocycles. The van der Waals surface area contributed by atoms with E-state index >= 15 is 0 Å². The quantitative estimate of drug-likeness (QED) is 0.560. The van der Waals surface area contributed by atoms with E-state index in [1.807, 2.05) is 19.0 Å². The van der Waals surface area contributed by atoms with E-state index in [9.17, 15) is 10.1 Å². The van der Waals surface area contributed by atoms with Gasteiger partial charge in [0.2, 0.25) is 0 Å². The Kier molecular flexibility index (Phi) is 3.38. The number of nitro groups is 1. The summed E-state index contributed by atoms with van der Waals surface area (Å²) in [5.74, 6) is 0. The van der Waals surface area contributed by atoms with E-state index in [4.69, 9.17) is 0 Å². The average molecular weight is 207 g/mol. The Morgan fingerprint density at radius 1 is 1.53 bits per heavy atom. The fourth-order valence-corrected chi connectivity index (χ4v) is 1.09. The molecule has 80 valence electrons. The molecule has 1 heterocycles. The third kappa shape index (κ3) is 3.05. The van der Waals surface area contributed by atoms with E-state index in [2.05, 4.69) is 4.98 Å². The highest BCUT2D eigenvalue weighted by molar-refractivity contribution is 5.60. The van der Waals surface area contributed by atoms with Crippen molar-refractivity contribution >= 4 is 11.8 Å². The van der Waals surface area contributed by atoms with Crippen molar-refractivity contribution in [2.75, 3.05) is 14.1 Å². The lowest BCUT2D eigenvalue weighted by atomic mass is 10.2. The third-order valence-corrected chi connectivity index (χ3v) is 1.80. The van der Waals surface area contributed by atoms with Gasteiger partial charge in [0.25, 0.3) is 5.69 Å². The molecule has 0 saturated heterocycles. The number of pyridine rings is 1. The van der Waals surface area contributed by atoms with E-state index in [1.54, 1.807) is 25.3 Å². The second-order valence-corrected chi connectivity index (χ2v) is 3.42. The highest BCUT2D eigenvalue weighted by Gasteiger charge is 2.11. The molecule has 15 heavy (non-hydrogen) atoms. The Balaban J connectivity index is 3.13. The smallest absolute Gasteiger partial charge is 0.294 e. The Morgan fingerprint density at radius 2 is 2.20 bits per heavy atom. The van der Waals surface area contributed by atoms with Gasteiger partial charge in [0.05, 0.1) is 10.5 Å². The SMILES string of the molecule is Cc1cc(/C=C/N(C)C)c([N+](=O)[O-])cn1. The van der Waals surface area contributed by atoms with Crippen molar-refractivity contribution in [2.24, 2.45) is 0 Å². The van der Waals surface area contributed by atoms with Crippen molar-refractivity contribution in [3.63, 3.8) is 0 Å². The summed E-state index contributed by atoms with van der Waals surface area (Å²) in [6.07, 6.45) is 4.75. The molecule has 5 nitrogen and oxygen atoms in total. The molecule has 0 bridgehead atoms. The number of aryl methyl sites for hydroxylation is 1. The molecule has 0 aliphatic rings. The molecular weight excluding hydrogens is 194 g/mol. The molecule has 0 fully saturated rings. The van der Waals surface area contributed by atoms with Crippen molar-refractivity contribution in [1.29, 1.82) is 0 Å². The van der Waals surface area contributed by atoms with Crippen LogP contribution in [0.1, 0.15) is 11.3 Å². The minimum absolute atomic E-state index is 0.0266. The fourth-order valence-electron chi connectivity index (χ4n) is 1.09. The van der Waals surface area contributed by atoms with Crippen molar-refractivity contribution in [3.8, 4) is 0 Å². The molecule has 0 aromatic carbocycles. The largest absolute Gasteiger partial charge is 0.383 e. The summed E-state index contributed by atoms with van der Waals surface area (Å²) in [7, 11) is 3.72. The van der Waals surface area contributed by atoms with Gasteiger partial charge in [-0.2, -0.15) is 0 Å². The Hall–Kier alpha value is -1.91. The number of hydrogen-bond acceptors (Lipinski definition) is 4. The molecule has 1 rings (SSSR count). The Labute approximate surface area is 88.2 Å². The van der Waals surface area contributed by atoms with Gasteiger partial charge < -0.3 is 4.90 Å². The van der Waals surface area contributed by atoms with E-state index in [0.29, 0.717) is 5.56 Å². The van der Waals surface area contributed by atoms with Crippen molar-refractivity contribution in [1.82, 2.24) is 9.88 Å². The summed E-state index contributed by atoms with van der Waals surface area (Å²) in [5.41, 5.74) is 1.36. The number of hydrogen-bond donors (Lipinski definition) is 0. The van der Waals surface area contributed by atoms with Gasteiger partial charge in [0.15, 0.2) is 0 Å². The second-order valence-electron chi connectivity index (χ2n) is 3.42. The second kappa shape index (κ2) is 4.54. The Morgan fingerprint density at radius 3 is 2.73 bits per heavy atom. The van der Waals surface area contributed by atoms with Crippen molar-refractivity contribution in [3.05, 3.63) is 39.8 Å². The van der Waals surface area contributed by atoms with Crippen LogP contribution in [-0.4, -0.2) is 28.9 Å². The van der Waals surface area contributed by atoms with Gasteiger partial charge in [0.1, 0.15) is 6.20 Å². The zero-order chi connectivity index (χ0) is 11.4. The topological polar surface area (TPSA) is 59.3 Å². The maximum Gasteiger partial charge on any atom is 0.294 e. The summed E-state index contributed by atoms with van der Waals surface area (Å²) in [6, 6.07) is 1.69. The molecule has 0 saturated carbocycles. The highest BCUT2D eigenvalue weighted by atomic mass is 16.6. The van der Waals surface area contributed by atoms with Gasteiger partial charge >= 0.3 is 0 Å². The summed E-state index contributed by atoms with van der Waals surface area (Å²) in [6.45, 7) is 1.80.